The van der Waals surface area contributed by atoms with Crippen molar-refractivity contribution in [3.63, 3.8) is 0 Å². The number of halogens is 3. The average molecular weight is 380 g/mol. The molecule has 2 rings (SSSR count). The largest absolute Gasteiger partial charge is 0.372 e. The van der Waals surface area contributed by atoms with Gasteiger partial charge in [0.2, 0.25) is 0 Å². The van der Waals surface area contributed by atoms with Crippen LogP contribution in [0.5, 0.6) is 0 Å². The Kier molecular flexibility index (Phi) is 4.06. The molecule has 1 aromatic heterocycles. The Hall–Kier alpha value is -0.590. The zero-order valence-electron chi connectivity index (χ0n) is 8.84. The molecule has 1 N–H and O–H groups in total. The van der Waals surface area contributed by atoms with Crippen molar-refractivity contribution in [2.75, 3.05) is 12.4 Å². The Morgan fingerprint density at radius 3 is 2.76 bits per heavy atom. The van der Waals surface area contributed by atoms with Gasteiger partial charge in [-0.3, -0.25) is 0 Å². The number of nitrogens with one attached hydrogen (secondary N) is 1. The quantitative estimate of drug-likeness (QED) is 0.798. The normalized spacial score (nSPS) is 10.4. The van der Waals surface area contributed by atoms with Gasteiger partial charge in [0.1, 0.15) is 5.82 Å². The van der Waals surface area contributed by atoms with E-state index in [-0.39, 0.29) is 0 Å². The van der Waals surface area contributed by atoms with Crippen molar-refractivity contribution in [1.29, 1.82) is 0 Å². The summed E-state index contributed by atoms with van der Waals surface area (Å²) in [5.41, 5.74) is 0.729. The van der Waals surface area contributed by atoms with E-state index in [1.807, 2.05) is 7.05 Å². The van der Waals surface area contributed by atoms with Gasteiger partial charge >= 0.3 is 0 Å². The first kappa shape index (κ1) is 12.9. The van der Waals surface area contributed by atoms with Crippen LogP contribution in [0.4, 0.5) is 5.82 Å². The third-order valence-electron chi connectivity index (χ3n) is 2.15. The van der Waals surface area contributed by atoms with Crippen molar-refractivity contribution < 1.29 is 0 Å². The molecule has 0 aliphatic rings. The van der Waals surface area contributed by atoms with Crippen LogP contribution < -0.4 is 5.32 Å². The van der Waals surface area contributed by atoms with Crippen LogP contribution in [0, 0.1) is 3.57 Å². The molecule has 3 nitrogen and oxygen atoms in total. The van der Waals surface area contributed by atoms with E-state index in [9.17, 15) is 0 Å². The molecular formula is C11H8Cl2IN3. The van der Waals surface area contributed by atoms with Crippen molar-refractivity contribution in [3.8, 4) is 11.4 Å². The first-order valence-corrected chi connectivity index (χ1v) is 6.61. The van der Waals surface area contributed by atoms with E-state index in [2.05, 4.69) is 37.9 Å². The molecule has 0 aliphatic carbocycles. The molecule has 0 atom stereocenters. The SMILES string of the molecule is CNc1nc(-c2cc(Cl)ccc2Cl)ncc1I. The lowest BCUT2D eigenvalue weighted by Gasteiger charge is -2.07. The molecule has 1 heterocycles. The average Bonchev–Trinajstić information content (AvgIpc) is 2.33. The molecule has 0 fully saturated rings. The fraction of sp³-hybridized carbons (Fsp3) is 0.0909. The molecule has 0 radical (unpaired) electrons. The summed E-state index contributed by atoms with van der Waals surface area (Å²) in [4.78, 5) is 8.65. The maximum Gasteiger partial charge on any atom is 0.163 e. The highest BCUT2D eigenvalue weighted by Gasteiger charge is 2.09. The summed E-state index contributed by atoms with van der Waals surface area (Å²) >= 11 is 14.2. The summed E-state index contributed by atoms with van der Waals surface area (Å²) in [7, 11) is 1.81. The second-order valence-corrected chi connectivity index (χ2v) is 5.27. The highest BCUT2D eigenvalue weighted by Crippen LogP contribution is 2.29. The molecule has 0 spiro atoms. The smallest absolute Gasteiger partial charge is 0.163 e. The van der Waals surface area contributed by atoms with E-state index in [4.69, 9.17) is 23.2 Å². The first-order valence-electron chi connectivity index (χ1n) is 4.77. The van der Waals surface area contributed by atoms with Gasteiger partial charge in [-0.25, -0.2) is 9.97 Å². The van der Waals surface area contributed by atoms with Crippen LogP contribution in [0.1, 0.15) is 0 Å². The zero-order valence-corrected chi connectivity index (χ0v) is 12.5. The zero-order chi connectivity index (χ0) is 12.4. The van der Waals surface area contributed by atoms with Gasteiger partial charge in [-0.05, 0) is 40.8 Å². The molecule has 1 aromatic carbocycles. The van der Waals surface area contributed by atoms with Crippen molar-refractivity contribution in [3.05, 3.63) is 38.0 Å². The predicted molar refractivity (Wildman–Crippen MR) is 79.8 cm³/mol. The number of anilines is 1. The molecule has 0 amide bonds. The fourth-order valence-corrected chi connectivity index (χ4v) is 2.24. The van der Waals surface area contributed by atoms with Gasteiger partial charge in [-0.2, -0.15) is 0 Å². The van der Waals surface area contributed by atoms with Gasteiger partial charge in [0.05, 0.1) is 8.59 Å². The predicted octanol–water partition coefficient (Wildman–Crippen LogP) is 4.10. The summed E-state index contributed by atoms with van der Waals surface area (Å²) < 4.78 is 0.951. The fourth-order valence-electron chi connectivity index (χ4n) is 1.34. The van der Waals surface area contributed by atoms with E-state index in [0.717, 1.165) is 15.0 Å². The van der Waals surface area contributed by atoms with E-state index in [0.29, 0.717) is 15.9 Å². The molecule has 2 aromatic rings. The van der Waals surface area contributed by atoms with Crippen LogP contribution >= 0.6 is 45.8 Å². The van der Waals surface area contributed by atoms with Gasteiger partial charge in [-0.1, -0.05) is 23.2 Å². The minimum Gasteiger partial charge on any atom is -0.372 e. The van der Waals surface area contributed by atoms with Gasteiger partial charge in [0.25, 0.3) is 0 Å². The van der Waals surface area contributed by atoms with Crippen LogP contribution in [-0.2, 0) is 0 Å². The maximum atomic E-state index is 6.11. The molecule has 0 bridgehead atoms. The monoisotopic (exact) mass is 379 g/mol. The molecule has 0 aliphatic heterocycles. The third-order valence-corrected chi connectivity index (χ3v) is 3.50. The molecule has 0 saturated carbocycles. The highest BCUT2D eigenvalue weighted by atomic mass is 127. The molecular weight excluding hydrogens is 372 g/mol. The Labute approximate surface area is 123 Å². The highest BCUT2D eigenvalue weighted by molar-refractivity contribution is 14.1. The van der Waals surface area contributed by atoms with Crippen LogP contribution in [0.3, 0.4) is 0 Å². The standard InChI is InChI=1S/C11H8Cl2IN3/c1-15-11-9(14)5-16-10(17-11)7-4-6(12)2-3-8(7)13/h2-5H,1H3,(H,15,16,17). The van der Waals surface area contributed by atoms with E-state index in [1.165, 1.54) is 0 Å². The second kappa shape index (κ2) is 5.37. The van der Waals surface area contributed by atoms with Crippen molar-refractivity contribution >= 4 is 51.6 Å². The summed E-state index contributed by atoms with van der Waals surface area (Å²) in [6.07, 6.45) is 1.74. The maximum absolute atomic E-state index is 6.11. The second-order valence-electron chi connectivity index (χ2n) is 3.26. The number of hydrogen-bond acceptors (Lipinski definition) is 3. The summed E-state index contributed by atoms with van der Waals surface area (Å²) in [6, 6.07) is 5.23. The lowest BCUT2D eigenvalue weighted by molar-refractivity contribution is 1.15. The molecule has 6 heteroatoms. The van der Waals surface area contributed by atoms with E-state index < -0.39 is 0 Å². The van der Waals surface area contributed by atoms with Crippen molar-refractivity contribution in [2.24, 2.45) is 0 Å². The van der Waals surface area contributed by atoms with Crippen molar-refractivity contribution in [1.82, 2.24) is 9.97 Å². The van der Waals surface area contributed by atoms with E-state index >= 15 is 0 Å². The van der Waals surface area contributed by atoms with Gasteiger partial charge < -0.3 is 5.32 Å². The van der Waals surface area contributed by atoms with Crippen LogP contribution in [-0.4, -0.2) is 17.0 Å². The summed E-state index contributed by atoms with van der Waals surface area (Å²) in [5.74, 6) is 1.33. The Bertz CT molecular complexity index is 560. The number of benzene rings is 1. The number of rotatable bonds is 2. The van der Waals surface area contributed by atoms with Crippen LogP contribution in [0.2, 0.25) is 10.0 Å². The van der Waals surface area contributed by atoms with Crippen molar-refractivity contribution in [2.45, 2.75) is 0 Å². The first-order chi connectivity index (χ1) is 8.11. The Morgan fingerprint density at radius 2 is 2.06 bits per heavy atom. The molecule has 88 valence electrons. The molecule has 0 unspecified atom stereocenters. The Morgan fingerprint density at radius 1 is 1.29 bits per heavy atom. The number of aromatic nitrogens is 2. The van der Waals surface area contributed by atoms with Gasteiger partial charge in [-0.15, -0.1) is 0 Å². The van der Waals surface area contributed by atoms with E-state index in [1.54, 1.807) is 24.4 Å². The number of nitrogens with zero attached hydrogens (tertiary/aromatic N) is 2. The summed E-state index contributed by atoms with van der Waals surface area (Å²) in [6.45, 7) is 0. The van der Waals surface area contributed by atoms with Crippen LogP contribution in [0.15, 0.2) is 24.4 Å². The Balaban J connectivity index is 2.56. The lowest BCUT2D eigenvalue weighted by Crippen LogP contribution is -1.99. The minimum atomic E-state index is 0.558. The van der Waals surface area contributed by atoms with Gasteiger partial charge in [0, 0.05) is 23.8 Å². The molecule has 0 saturated heterocycles. The minimum absolute atomic E-state index is 0.558. The number of hydrogen-bond donors (Lipinski definition) is 1. The molecule has 17 heavy (non-hydrogen) atoms. The lowest BCUT2D eigenvalue weighted by atomic mass is 10.2. The van der Waals surface area contributed by atoms with Crippen LogP contribution in [0.25, 0.3) is 11.4 Å². The van der Waals surface area contributed by atoms with Gasteiger partial charge in [0.15, 0.2) is 5.82 Å². The topological polar surface area (TPSA) is 37.8 Å². The third kappa shape index (κ3) is 2.81. The summed E-state index contributed by atoms with van der Waals surface area (Å²) in [5, 5.41) is 4.19.